The van der Waals surface area contributed by atoms with Gasteiger partial charge < -0.3 is 5.32 Å². The molecule has 0 radical (unpaired) electrons. The number of nitro benzene ring substituents is 1. The lowest BCUT2D eigenvalue weighted by atomic mass is 9.98. The molecular weight excluding hydrogens is 276 g/mol. The number of nitrogens with one attached hydrogen (secondary N) is 2. The van der Waals surface area contributed by atoms with E-state index in [4.69, 9.17) is 0 Å². The Bertz CT molecular complexity index is 582. The number of carbonyl (C=O) groups is 2. The van der Waals surface area contributed by atoms with Crippen molar-refractivity contribution >= 4 is 23.7 Å². The fourth-order valence-electron chi connectivity index (χ4n) is 1.95. The number of nitrogens with zero attached hydrogens (tertiary/aromatic N) is 2. The second kappa shape index (κ2) is 6.60. The molecule has 1 saturated heterocycles. The maximum atomic E-state index is 11.8. The minimum absolute atomic E-state index is 0.0185. The SMILES string of the molecule is O=C1NCCCC1C(=O)N/N=C/c1ccc([N+](=O)[O-])cc1. The highest BCUT2D eigenvalue weighted by molar-refractivity contribution is 6.00. The first kappa shape index (κ1) is 14.6. The molecule has 1 unspecified atom stereocenters. The molecule has 1 atom stereocenters. The van der Waals surface area contributed by atoms with Crippen LogP contribution >= 0.6 is 0 Å². The molecule has 0 spiro atoms. The van der Waals surface area contributed by atoms with E-state index in [2.05, 4.69) is 15.8 Å². The van der Waals surface area contributed by atoms with Crippen molar-refractivity contribution < 1.29 is 14.5 Å². The molecule has 110 valence electrons. The van der Waals surface area contributed by atoms with Crippen LogP contribution in [0, 0.1) is 16.0 Å². The van der Waals surface area contributed by atoms with Crippen LogP contribution in [0.2, 0.25) is 0 Å². The zero-order valence-corrected chi connectivity index (χ0v) is 11.1. The molecule has 0 aliphatic carbocycles. The molecule has 2 N–H and O–H groups in total. The number of amides is 2. The van der Waals surface area contributed by atoms with E-state index in [0.29, 0.717) is 18.5 Å². The van der Waals surface area contributed by atoms with Crippen LogP contribution in [0.1, 0.15) is 18.4 Å². The molecule has 8 heteroatoms. The Morgan fingerprint density at radius 1 is 1.43 bits per heavy atom. The highest BCUT2D eigenvalue weighted by Gasteiger charge is 2.28. The number of non-ortho nitro benzene ring substituents is 1. The van der Waals surface area contributed by atoms with Gasteiger partial charge in [0.25, 0.3) is 11.6 Å². The van der Waals surface area contributed by atoms with E-state index in [1.54, 1.807) is 0 Å². The Labute approximate surface area is 120 Å². The number of piperidine rings is 1. The first-order chi connectivity index (χ1) is 10.1. The first-order valence-electron chi connectivity index (χ1n) is 6.43. The second-order valence-electron chi connectivity index (χ2n) is 4.57. The largest absolute Gasteiger partial charge is 0.355 e. The summed E-state index contributed by atoms with van der Waals surface area (Å²) >= 11 is 0. The van der Waals surface area contributed by atoms with Crippen molar-refractivity contribution in [3.63, 3.8) is 0 Å². The second-order valence-corrected chi connectivity index (χ2v) is 4.57. The van der Waals surface area contributed by atoms with Gasteiger partial charge in [-0.05, 0) is 30.5 Å². The molecule has 21 heavy (non-hydrogen) atoms. The summed E-state index contributed by atoms with van der Waals surface area (Å²) in [5, 5.41) is 16.9. The van der Waals surface area contributed by atoms with Gasteiger partial charge in [-0.25, -0.2) is 5.43 Å². The Morgan fingerprint density at radius 3 is 2.76 bits per heavy atom. The van der Waals surface area contributed by atoms with Gasteiger partial charge in [-0.2, -0.15) is 5.10 Å². The third kappa shape index (κ3) is 3.85. The van der Waals surface area contributed by atoms with E-state index in [-0.39, 0.29) is 11.6 Å². The van der Waals surface area contributed by atoms with Crippen molar-refractivity contribution in [2.45, 2.75) is 12.8 Å². The van der Waals surface area contributed by atoms with E-state index in [9.17, 15) is 19.7 Å². The van der Waals surface area contributed by atoms with Gasteiger partial charge in [0, 0.05) is 18.7 Å². The van der Waals surface area contributed by atoms with Crippen LogP contribution in [0.4, 0.5) is 5.69 Å². The normalized spacial score (nSPS) is 18.3. The predicted octanol–water partition coefficient (Wildman–Crippen LogP) is 0.571. The van der Waals surface area contributed by atoms with Crippen molar-refractivity contribution in [2.24, 2.45) is 11.0 Å². The van der Waals surface area contributed by atoms with Gasteiger partial charge in [0.1, 0.15) is 5.92 Å². The minimum atomic E-state index is -0.715. The van der Waals surface area contributed by atoms with E-state index < -0.39 is 16.7 Å². The van der Waals surface area contributed by atoms with Crippen molar-refractivity contribution in [2.75, 3.05) is 6.54 Å². The van der Waals surface area contributed by atoms with Gasteiger partial charge in [-0.3, -0.25) is 19.7 Å². The molecular formula is C13H14N4O4. The Hall–Kier alpha value is -2.77. The van der Waals surface area contributed by atoms with Crippen LogP contribution in [0.5, 0.6) is 0 Å². The fourth-order valence-corrected chi connectivity index (χ4v) is 1.95. The number of rotatable bonds is 4. The van der Waals surface area contributed by atoms with Gasteiger partial charge in [-0.15, -0.1) is 0 Å². The summed E-state index contributed by atoms with van der Waals surface area (Å²) in [7, 11) is 0. The molecule has 1 aliphatic rings. The smallest absolute Gasteiger partial charge is 0.269 e. The number of carbonyl (C=O) groups excluding carboxylic acids is 2. The predicted molar refractivity (Wildman–Crippen MR) is 74.6 cm³/mol. The maximum Gasteiger partial charge on any atom is 0.269 e. The molecule has 8 nitrogen and oxygen atoms in total. The summed E-state index contributed by atoms with van der Waals surface area (Å²) in [6, 6.07) is 5.72. The van der Waals surface area contributed by atoms with Crippen LogP contribution in [0.25, 0.3) is 0 Å². The van der Waals surface area contributed by atoms with Gasteiger partial charge >= 0.3 is 0 Å². The Balaban J connectivity index is 1.91. The van der Waals surface area contributed by atoms with Crippen molar-refractivity contribution in [1.29, 1.82) is 0 Å². The summed E-state index contributed by atoms with van der Waals surface area (Å²) in [5.74, 6) is -1.46. The zero-order valence-electron chi connectivity index (χ0n) is 11.1. The number of hydrogen-bond donors (Lipinski definition) is 2. The highest BCUT2D eigenvalue weighted by atomic mass is 16.6. The zero-order chi connectivity index (χ0) is 15.2. The summed E-state index contributed by atoms with van der Waals surface area (Å²) < 4.78 is 0. The standard InChI is InChI=1S/C13H14N4O4/c18-12-11(2-1-7-14-12)13(19)16-15-8-9-3-5-10(6-4-9)17(20)21/h3-6,8,11H,1-2,7H2,(H,14,18)(H,16,19)/b15-8+. The summed E-state index contributed by atoms with van der Waals surface area (Å²) in [6.45, 7) is 0.592. The number of benzene rings is 1. The summed E-state index contributed by atoms with van der Waals surface area (Å²) in [5.41, 5.74) is 2.89. The average Bonchev–Trinajstić information content (AvgIpc) is 2.48. The van der Waals surface area contributed by atoms with Crippen molar-refractivity contribution in [3.8, 4) is 0 Å². The van der Waals surface area contributed by atoms with E-state index in [1.165, 1.54) is 30.5 Å². The highest BCUT2D eigenvalue weighted by Crippen LogP contribution is 2.12. The van der Waals surface area contributed by atoms with Crippen molar-refractivity contribution in [1.82, 2.24) is 10.7 Å². The molecule has 1 fully saturated rings. The molecule has 1 heterocycles. The summed E-state index contributed by atoms with van der Waals surface area (Å²) in [4.78, 5) is 33.3. The fraction of sp³-hybridized carbons (Fsp3) is 0.308. The van der Waals surface area contributed by atoms with Gasteiger partial charge in [0.2, 0.25) is 5.91 Å². The van der Waals surface area contributed by atoms with E-state index in [1.807, 2.05) is 0 Å². The lowest BCUT2D eigenvalue weighted by Gasteiger charge is -2.19. The third-order valence-corrected chi connectivity index (χ3v) is 3.09. The first-order valence-corrected chi connectivity index (χ1v) is 6.43. The molecule has 2 amide bonds. The third-order valence-electron chi connectivity index (χ3n) is 3.09. The molecule has 0 aromatic heterocycles. The molecule has 1 aliphatic heterocycles. The number of nitro groups is 1. The van der Waals surface area contributed by atoms with Gasteiger partial charge in [0.05, 0.1) is 11.1 Å². The molecule has 0 saturated carbocycles. The molecule has 1 aromatic rings. The topological polar surface area (TPSA) is 114 Å². The Kier molecular flexibility index (Phi) is 4.60. The van der Waals surface area contributed by atoms with E-state index >= 15 is 0 Å². The van der Waals surface area contributed by atoms with Crippen LogP contribution in [-0.4, -0.2) is 29.5 Å². The minimum Gasteiger partial charge on any atom is -0.355 e. The van der Waals surface area contributed by atoms with Gasteiger partial charge in [-0.1, -0.05) is 0 Å². The van der Waals surface area contributed by atoms with Crippen LogP contribution < -0.4 is 10.7 Å². The summed E-state index contributed by atoms with van der Waals surface area (Å²) in [6.07, 6.45) is 2.63. The van der Waals surface area contributed by atoms with Crippen LogP contribution in [0.15, 0.2) is 29.4 Å². The molecule has 1 aromatic carbocycles. The molecule has 2 rings (SSSR count). The molecule has 0 bridgehead atoms. The Morgan fingerprint density at radius 2 is 2.14 bits per heavy atom. The quantitative estimate of drug-likeness (QED) is 0.365. The number of hydrogen-bond acceptors (Lipinski definition) is 5. The lowest BCUT2D eigenvalue weighted by molar-refractivity contribution is -0.384. The van der Waals surface area contributed by atoms with E-state index in [0.717, 1.165) is 6.42 Å². The lowest BCUT2D eigenvalue weighted by Crippen LogP contribution is -2.43. The van der Waals surface area contributed by atoms with Gasteiger partial charge in [0.15, 0.2) is 0 Å². The number of hydrazone groups is 1. The monoisotopic (exact) mass is 290 g/mol. The average molecular weight is 290 g/mol. The van der Waals surface area contributed by atoms with Crippen LogP contribution in [-0.2, 0) is 9.59 Å². The van der Waals surface area contributed by atoms with Crippen molar-refractivity contribution in [3.05, 3.63) is 39.9 Å². The van der Waals surface area contributed by atoms with Crippen LogP contribution in [0.3, 0.4) is 0 Å². The maximum absolute atomic E-state index is 11.8.